The molecule has 0 radical (unpaired) electrons. The molecule has 0 bridgehead atoms. The van der Waals surface area contributed by atoms with Crippen molar-refractivity contribution in [3.05, 3.63) is 82.1 Å². The van der Waals surface area contributed by atoms with E-state index in [1.807, 2.05) is 55.5 Å². The average molecular weight is 381 g/mol. The number of halogens is 1. The second-order valence-corrected chi connectivity index (χ2v) is 6.54. The van der Waals surface area contributed by atoms with E-state index < -0.39 is 0 Å². The van der Waals surface area contributed by atoms with E-state index in [4.69, 9.17) is 11.6 Å². The van der Waals surface area contributed by atoms with E-state index in [-0.39, 0.29) is 5.91 Å². The largest absolute Gasteiger partial charge is 0.350 e. The van der Waals surface area contributed by atoms with Crippen LogP contribution in [0.5, 0.6) is 0 Å². The van der Waals surface area contributed by atoms with Crippen molar-refractivity contribution in [1.82, 2.24) is 9.97 Å². The maximum atomic E-state index is 12.7. The second-order valence-electron chi connectivity index (χ2n) is 6.13. The smallest absolute Gasteiger partial charge is 0.274 e. The Balaban J connectivity index is 1.76. The molecule has 0 unspecified atom stereocenters. The van der Waals surface area contributed by atoms with Crippen molar-refractivity contribution >= 4 is 29.1 Å². The van der Waals surface area contributed by atoms with Gasteiger partial charge in [0.2, 0.25) is 5.95 Å². The third-order valence-electron chi connectivity index (χ3n) is 4.13. The molecule has 3 rings (SSSR count). The van der Waals surface area contributed by atoms with Crippen molar-refractivity contribution in [3.8, 4) is 0 Å². The molecule has 3 aromatic rings. The molecule has 5 nitrogen and oxygen atoms in total. The first-order chi connectivity index (χ1) is 13.1. The molecule has 0 saturated carbocycles. The molecule has 1 amide bonds. The number of nitrogens with one attached hydrogen (secondary N) is 2. The Labute approximate surface area is 163 Å². The van der Waals surface area contributed by atoms with E-state index in [1.165, 1.54) is 0 Å². The fraction of sp³-hybridized carbons (Fsp3) is 0.190. The fourth-order valence-electron chi connectivity index (χ4n) is 2.72. The monoisotopic (exact) mass is 380 g/mol. The number of carbonyl (C=O) groups is 1. The van der Waals surface area contributed by atoms with Crippen LogP contribution in [0.4, 0.5) is 11.6 Å². The zero-order valence-electron chi connectivity index (χ0n) is 15.3. The Hall–Kier alpha value is -2.92. The summed E-state index contributed by atoms with van der Waals surface area (Å²) in [6.45, 7) is 4.36. The Morgan fingerprint density at radius 1 is 1.04 bits per heavy atom. The van der Waals surface area contributed by atoms with Crippen LogP contribution in [-0.4, -0.2) is 15.9 Å². The third-order valence-corrected chi connectivity index (χ3v) is 4.50. The molecule has 138 valence electrons. The average Bonchev–Trinajstić information content (AvgIpc) is 2.67. The highest BCUT2D eigenvalue weighted by Gasteiger charge is 2.12. The molecule has 2 N–H and O–H groups in total. The number of aromatic nitrogens is 2. The van der Waals surface area contributed by atoms with Crippen LogP contribution in [0.15, 0.2) is 54.6 Å². The number of para-hydroxylation sites is 1. The highest BCUT2D eigenvalue weighted by molar-refractivity contribution is 6.31. The van der Waals surface area contributed by atoms with Crippen molar-refractivity contribution in [2.45, 2.75) is 26.8 Å². The Morgan fingerprint density at radius 2 is 1.74 bits per heavy atom. The lowest BCUT2D eigenvalue weighted by molar-refractivity contribution is 0.102. The molecule has 0 spiro atoms. The minimum atomic E-state index is -0.262. The molecule has 2 aromatic carbocycles. The van der Waals surface area contributed by atoms with Gasteiger partial charge < -0.3 is 10.6 Å². The van der Waals surface area contributed by atoms with Crippen molar-refractivity contribution in [3.63, 3.8) is 0 Å². The molecule has 0 saturated heterocycles. The zero-order valence-corrected chi connectivity index (χ0v) is 16.0. The minimum absolute atomic E-state index is 0.262. The lowest BCUT2D eigenvalue weighted by Crippen LogP contribution is -2.17. The number of nitrogens with zero attached hydrogens (tertiary/aromatic N) is 2. The first kappa shape index (κ1) is 18.9. The summed E-state index contributed by atoms with van der Waals surface area (Å²) in [7, 11) is 0. The Morgan fingerprint density at radius 3 is 2.48 bits per heavy atom. The highest BCUT2D eigenvalue weighted by atomic mass is 35.5. The van der Waals surface area contributed by atoms with E-state index in [0.29, 0.717) is 28.9 Å². The molecule has 0 atom stereocenters. The van der Waals surface area contributed by atoms with Crippen LogP contribution < -0.4 is 10.6 Å². The lowest BCUT2D eigenvalue weighted by Gasteiger charge is -2.11. The van der Waals surface area contributed by atoms with Gasteiger partial charge in [-0.2, -0.15) is 0 Å². The second kappa shape index (κ2) is 8.64. The van der Waals surface area contributed by atoms with Crippen molar-refractivity contribution in [2.24, 2.45) is 0 Å². The summed E-state index contributed by atoms with van der Waals surface area (Å²) in [5.41, 5.74) is 3.84. The molecule has 0 aliphatic heterocycles. The molecular formula is C21H21ClN4O. The third kappa shape index (κ3) is 4.83. The molecule has 0 fully saturated rings. The van der Waals surface area contributed by atoms with Gasteiger partial charge in [0.1, 0.15) is 5.69 Å². The molecule has 6 heteroatoms. The van der Waals surface area contributed by atoms with Crippen LogP contribution in [0.3, 0.4) is 0 Å². The minimum Gasteiger partial charge on any atom is -0.350 e. The summed E-state index contributed by atoms with van der Waals surface area (Å²) in [5, 5.41) is 6.75. The van der Waals surface area contributed by atoms with Crippen LogP contribution in [0.2, 0.25) is 5.02 Å². The quantitative estimate of drug-likeness (QED) is 0.640. The summed E-state index contributed by atoms with van der Waals surface area (Å²) < 4.78 is 0. The van der Waals surface area contributed by atoms with Gasteiger partial charge >= 0.3 is 0 Å². The first-order valence-electron chi connectivity index (χ1n) is 8.79. The van der Waals surface area contributed by atoms with Crippen LogP contribution in [-0.2, 0) is 13.0 Å². The summed E-state index contributed by atoms with van der Waals surface area (Å²) in [6, 6.07) is 17.0. The molecule has 27 heavy (non-hydrogen) atoms. The number of hydrogen-bond acceptors (Lipinski definition) is 4. The fourth-order valence-corrected chi connectivity index (χ4v) is 2.92. The van der Waals surface area contributed by atoms with E-state index in [9.17, 15) is 4.79 Å². The number of rotatable bonds is 6. The van der Waals surface area contributed by atoms with E-state index in [2.05, 4.69) is 27.5 Å². The molecule has 0 aliphatic rings. The van der Waals surface area contributed by atoms with Gasteiger partial charge in [-0.25, -0.2) is 9.97 Å². The van der Waals surface area contributed by atoms with Gasteiger partial charge in [-0.15, -0.1) is 0 Å². The normalized spacial score (nSPS) is 10.5. The number of anilines is 2. The van der Waals surface area contributed by atoms with Gasteiger partial charge in [-0.05, 0) is 42.7 Å². The zero-order chi connectivity index (χ0) is 19.2. The Kier molecular flexibility index (Phi) is 6.04. The van der Waals surface area contributed by atoms with Crippen molar-refractivity contribution in [2.75, 3.05) is 10.6 Å². The standard InChI is InChI=1S/C21H21ClN4O/c1-3-15-8-5-7-11-18(15)25-20(27)19-12-14(2)24-21(26-19)23-13-16-9-4-6-10-17(16)22/h4-12H,3,13H2,1-2H3,(H,25,27)(H,23,24,26). The van der Waals surface area contributed by atoms with Gasteiger partial charge in [0.15, 0.2) is 0 Å². The number of benzene rings is 2. The summed E-state index contributed by atoms with van der Waals surface area (Å²) in [6.07, 6.45) is 0.837. The first-order valence-corrected chi connectivity index (χ1v) is 9.17. The molecular weight excluding hydrogens is 360 g/mol. The molecule has 1 aromatic heterocycles. The van der Waals surface area contributed by atoms with Crippen LogP contribution in [0.25, 0.3) is 0 Å². The van der Waals surface area contributed by atoms with Crippen LogP contribution in [0.1, 0.15) is 34.2 Å². The van der Waals surface area contributed by atoms with E-state index in [0.717, 1.165) is 23.2 Å². The molecule has 0 aliphatic carbocycles. The predicted molar refractivity (Wildman–Crippen MR) is 109 cm³/mol. The number of aryl methyl sites for hydroxylation is 2. The highest BCUT2D eigenvalue weighted by Crippen LogP contribution is 2.18. The van der Waals surface area contributed by atoms with Gasteiger partial charge in [-0.3, -0.25) is 4.79 Å². The van der Waals surface area contributed by atoms with Gasteiger partial charge in [0, 0.05) is 22.9 Å². The maximum absolute atomic E-state index is 12.7. The summed E-state index contributed by atoms with van der Waals surface area (Å²) in [5.74, 6) is 0.131. The van der Waals surface area contributed by atoms with Crippen LogP contribution in [0, 0.1) is 6.92 Å². The predicted octanol–water partition coefficient (Wildman–Crippen LogP) is 4.87. The van der Waals surface area contributed by atoms with E-state index in [1.54, 1.807) is 6.07 Å². The lowest BCUT2D eigenvalue weighted by atomic mass is 10.1. The van der Waals surface area contributed by atoms with E-state index >= 15 is 0 Å². The van der Waals surface area contributed by atoms with Crippen LogP contribution >= 0.6 is 11.6 Å². The van der Waals surface area contributed by atoms with Gasteiger partial charge in [0.25, 0.3) is 5.91 Å². The summed E-state index contributed by atoms with van der Waals surface area (Å²) >= 11 is 6.18. The number of hydrogen-bond donors (Lipinski definition) is 2. The van der Waals surface area contributed by atoms with Gasteiger partial charge in [-0.1, -0.05) is 54.9 Å². The maximum Gasteiger partial charge on any atom is 0.274 e. The SMILES string of the molecule is CCc1ccccc1NC(=O)c1cc(C)nc(NCc2ccccc2Cl)n1. The van der Waals surface area contributed by atoms with Crippen molar-refractivity contribution in [1.29, 1.82) is 0 Å². The number of carbonyl (C=O) groups excluding carboxylic acids is 1. The molecule has 1 heterocycles. The Bertz CT molecular complexity index is 958. The van der Waals surface area contributed by atoms with Gasteiger partial charge in [0.05, 0.1) is 0 Å². The summed E-state index contributed by atoms with van der Waals surface area (Å²) in [4.78, 5) is 21.4. The van der Waals surface area contributed by atoms with Crippen molar-refractivity contribution < 1.29 is 4.79 Å². The topological polar surface area (TPSA) is 66.9 Å². The number of amides is 1.